The highest BCUT2D eigenvalue weighted by atomic mass is 35.5. The molecule has 6 heteroatoms. The summed E-state index contributed by atoms with van der Waals surface area (Å²) in [6, 6.07) is 11.0. The molecule has 5 nitrogen and oxygen atoms in total. The third-order valence-electron chi connectivity index (χ3n) is 3.82. The van der Waals surface area contributed by atoms with Crippen LogP contribution in [0.2, 0.25) is 5.02 Å². The number of ether oxygens (including phenoxy) is 1. The molecule has 0 aliphatic carbocycles. The van der Waals surface area contributed by atoms with Gasteiger partial charge in [-0.15, -0.1) is 0 Å². The van der Waals surface area contributed by atoms with E-state index < -0.39 is 5.97 Å². The average Bonchev–Trinajstić information content (AvgIpc) is 2.99. The lowest BCUT2D eigenvalue weighted by Gasteiger charge is -2.13. The molecule has 0 aliphatic heterocycles. The maximum absolute atomic E-state index is 12.2. The summed E-state index contributed by atoms with van der Waals surface area (Å²) >= 11 is 6.00. The number of hydrogen-bond donors (Lipinski definition) is 0. The molecule has 3 aromatic rings. The monoisotopic (exact) mass is 357 g/mol. The molecule has 25 heavy (non-hydrogen) atoms. The van der Waals surface area contributed by atoms with Crippen LogP contribution in [0.3, 0.4) is 0 Å². The molecule has 0 aliphatic rings. The van der Waals surface area contributed by atoms with Gasteiger partial charge in [0.05, 0.1) is 18.0 Å². The average molecular weight is 358 g/mol. The molecule has 2 aromatic heterocycles. The quantitative estimate of drug-likeness (QED) is 0.646. The van der Waals surface area contributed by atoms with E-state index in [0.29, 0.717) is 17.3 Å². The third-order valence-corrected chi connectivity index (χ3v) is 4.07. The minimum Gasteiger partial charge on any atom is -0.461 e. The van der Waals surface area contributed by atoms with Crippen molar-refractivity contribution in [2.75, 3.05) is 6.61 Å². The van der Waals surface area contributed by atoms with Gasteiger partial charge in [-0.05, 0) is 25.1 Å². The Morgan fingerprint density at radius 3 is 2.48 bits per heavy atom. The molecule has 0 atom stereocenters. The molecule has 3 rings (SSSR count). The van der Waals surface area contributed by atoms with Crippen molar-refractivity contribution in [3.8, 4) is 11.3 Å². The van der Waals surface area contributed by atoms with Crippen molar-refractivity contribution in [3.05, 3.63) is 52.8 Å². The number of aromatic nitrogens is 3. The largest absolute Gasteiger partial charge is 0.461 e. The molecule has 130 valence electrons. The highest BCUT2D eigenvalue weighted by Crippen LogP contribution is 2.27. The highest BCUT2D eigenvalue weighted by molar-refractivity contribution is 6.30. The van der Waals surface area contributed by atoms with Crippen molar-refractivity contribution in [2.24, 2.45) is 0 Å². The summed E-state index contributed by atoms with van der Waals surface area (Å²) in [6.45, 7) is 8.33. The van der Waals surface area contributed by atoms with Crippen LogP contribution < -0.4 is 0 Å². The van der Waals surface area contributed by atoms with Crippen molar-refractivity contribution in [1.29, 1.82) is 0 Å². The van der Waals surface area contributed by atoms with Gasteiger partial charge in [0, 0.05) is 22.1 Å². The predicted octanol–water partition coefficient (Wildman–Crippen LogP) is 4.52. The molecule has 0 fully saturated rings. The van der Waals surface area contributed by atoms with E-state index in [9.17, 15) is 4.79 Å². The van der Waals surface area contributed by atoms with Crippen molar-refractivity contribution in [3.63, 3.8) is 0 Å². The number of carbonyl (C=O) groups is 1. The molecule has 0 saturated carbocycles. The molecule has 0 amide bonds. The van der Waals surface area contributed by atoms with E-state index in [1.807, 2.05) is 18.2 Å². The fourth-order valence-corrected chi connectivity index (χ4v) is 2.60. The van der Waals surface area contributed by atoms with Crippen LogP contribution in [0.5, 0.6) is 0 Å². The summed E-state index contributed by atoms with van der Waals surface area (Å²) in [6.07, 6.45) is 0. The molecule has 0 unspecified atom stereocenters. The zero-order valence-corrected chi connectivity index (χ0v) is 15.5. The van der Waals surface area contributed by atoms with Gasteiger partial charge in [0.25, 0.3) is 0 Å². The number of hydrogen-bond acceptors (Lipinski definition) is 4. The lowest BCUT2D eigenvalue weighted by Crippen LogP contribution is -2.12. The molecule has 0 bridgehead atoms. The van der Waals surface area contributed by atoms with E-state index in [-0.39, 0.29) is 11.1 Å². The third kappa shape index (κ3) is 3.51. The lowest BCUT2D eigenvalue weighted by molar-refractivity contribution is 0.0519. The van der Waals surface area contributed by atoms with E-state index in [4.69, 9.17) is 21.4 Å². The Labute approximate surface area is 151 Å². The standard InChI is InChI=1S/C19H20ClN3O2/c1-5-25-18(24)14-10-15(12-6-8-13(20)9-7-12)23-17(21-14)11-16(22-23)19(2,3)4/h6-11H,5H2,1-4H3. The Kier molecular flexibility index (Phi) is 4.52. The summed E-state index contributed by atoms with van der Waals surface area (Å²) in [5.41, 5.74) is 3.30. The molecule has 0 radical (unpaired) electrons. The van der Waals surface area contributed by atoms with Gasteiger partial charge in [0.1, 0.15) is 0 Å². The summed E-state index contributed by atoms with van der Waals surface area (Å²) < 4.78 is 6.87. The first kappa shape index (κ1) is 17.4. The van der Waals surface area contributed by atoms with E-state index in [2.05, 4.69) is 25.8 Å². The second-order valence-electron chi connectivity index (χ2n) is 6.80. The summed E-state index contributed by atoms with van der Waals surface area (Å²) in [5.74, 6) is -0.446. The van der Waals surface area contributed by atoms with Crippen LogP contribution in [0, 0.1) is 0 Å². The van der Waals surface area contributed by atoms with Crippen LogP contribution in [0.1, 0.15) is 43.9 Å². The molecule has 1 aromatic carbocycles. The zero-order chi connectivity index (χ0) is 18.2. The van der Waals surface area contributed by atoms with Crippen LogP contribution in [-0.2, 0) is 10.2 Å². The number of nitrogens with zero attached hydrogens (tertiary/aromatic N) is 3. The van der Waals surface area contributed by atoms with E-state index in [0.717, 1.165) is 17.0 Å². The van der Waals surface area contributed by atoms with E-state index >= 15 is 0 Å². The summed E-state index contributed by atoms with van der Waals surface area (Å²) in [5, 5.41) is 5.35. The van der Waals surface area contributed by atoms with Gasteiger partial charge >= 0.3 is 5.97 Å². The first-order valence-corrected chi connectivity index (χ1v) is 8.52. The topological polar surface area (TPSA) is 56.5 Å². The Balaban J connectivity index is 2.25. The van der Waals surface area contributed by atoms with Crippen molar-refractivity contribution >= 4 is 23.2 Å². The zero-order valence-electron chi connectivity index (χ0n) is 14.7. The van der Waals surface area contributed by atoms with Gasteiger partial charge in [-0.3, -0.25) is 0 Å². The Morgan fingerprint density at radius 2 is 1.88 bits per heavy atom. The van der Waals surface area contributed by atoms with E-state index in [1.54, 1.807) is 29.6 Å². The Hall–Kier alpha value is -2.40. The minimum absolute atomic E-state index is 0.130. The van der Waals surface area contributed by atoms with Crippen molar-refractivity contribution < 1.29 is 9.53 Å². The van der Waals surface area contributed by atoms with Crippen LogP contribution in [0.15, 0.2) is 36.4 Å². The van der Waals surface area contributed by atoms with Crippen LogP contribution in [-0.4, -0.2) is 27.2 Å². The number of halogens is 1. The van der Waals surface area contributed by atoms with Gasteiger partial charge in [-0.2, -0.15) is 5.10 Å². The number of fused-ring (bicyclic) bond motifs is 1. The number of esters is 1. The molecular weight excluding hydrogens is 338 g/mol. The van der Waals surface area contributed by atoms with Gasteiger partial charge in [-0.25, -0.2) is 14.3 Å². The maximum atomic E-state index is 12.2. The molecule has 0 saturated heterocycles. The van der Waals surface area contributed by atoms with Gasteiger partial charge < -0.3 is 4.74 Å². The number of benzene rings is 1. The summed E-state index contributed by atoms with van der Waals surface area (Å²) in [4.78, 5) is 16.6. The molecular formula is C19H20ClN3O2. The molecule has 0 N–H and O–H groups in total. The van der Waals surface area contributed by atoms with Gasteiger partial charge in [-0.1, -0.05) is 44.5 Å². The lowest BCUT2D eigenvalue weighted by atomic mass is 9.93. The Bertz CT molecular complexity index is 924. The summed E-state index contributed by atoms with van der Waals surface area (Å²) in [7, 11) is 0. The fraction of sp³-hybridized carbons (Fsp3) is 0.316. The van der Waals surface area contributed by atoms with Crippen LogP contribution >= 0.6 is 11.6 Å². The minimum atomic E-state index is -0.446. The van der Waals surface area contributed by atoms with Gasteiger partial charge in [0.15, 0.2) is 11.3 Å². The number of carbonyl (C=O) groups excluding carboxylic acids is 1. The van der Waals surface area contributed by atoms with Crippen molar-refractivity contribution in [1.82, 2.24) is 14.6 Å². The molecule has 0 spiro atoms. The van der Waals surface area contributed by atoms with E-state index in [1.165, 1.54) is 0 Å². The second kappa shape index (κ2) is 6.48. The highest BCUT2D eigenvalue weighted by Gasteiger charge is 2.21. The van der Waals surface area contributed by atoms with Crippen LogP contribution in [0.4, 0.5) is 0 Å². The predicted molar refractivity (Wildman–Crippen MR) is 98.1 cm³/mol. The first-order chi connectivity index (χ1) is 11.8. The first-order valence-electron chi connectivity index (χ1n) is 8.14. The number of rotatable bonds is 3. The smallest absolute Gasteiger partial charge is 0.357 e. The molecule has 2 heterocycles. The van der Waals surface area contributed by atoms with Gasteiger partial charge in [0.2, 0.25) is 0 Å². The van der Waals surface area contributed by atoms with Crippen molar-refractivity contribution in [2.45, 2.75) is 33.1 Å². The normalized spacial score (nSPS) is 11.7. The van der Waals surface area contributed by atoms with Crippen LogP contribution in [0.25, 0.3) is 16.9 Å². The second-order valence-corrected chi connectivity index (χ2v) is 7.24. The maximum Gasteiger partial charge on any atom is 0.357 e. The fourth-order valence-electron chi connectivity index (χ4n) is 2.48. The Morgan fingerprint density at radius 1 is 1.20 bits per heavy atom. The SMILES string of the molecule is CCOC(=O)c1cc(-c2ccc(Cl)cc2)n2nc(C(C)(C)C)cc2n1.